The number of nitrogens with one attached hydrogen (secondary N) is 1. The van der Waals surface area contributed by atoms with Crippen LogP contribution in [0.5, 0.6) is 0 Å². The van der Waals surface area contributed by atoms with Crippen LogP contribution in [-0.4, -0.2) is 60.1 Å². The monoisotopic (exact) mass is 314 g/mol. The number of anilines is 2. The number of fused-ring (bicyclic) bond motifs is 1. The maximum absolute atomic E-state index is 4.75. The number of aryl methyl sites for hydroxylation is 2. The van der Waals surface area contributed by atoms with Crippen molar-refractivity contribution in [3.05, 3.63) is 17.3 Å². The van der Waals surface area contributed by atoms with E-state index in [1.54, 1.807) is 0 Å². The molecular weight excluding hydrogens is 288 g/mol. The van der Waals surface area contributed by atoms with E-state index in [9.17, 15) is 0 Å². The van der Waals surface area contributed by atoms with Crippen LogP contribution in [0.15, 0.2) is 6.07 Å². The normalized spacial score (nSPS) is 16.7. The minimum absolute atomic E-state index is 0.435. The van der Waals surface area contributed by atoms with Crippen LogP contribution in [0.25, 0.3) is 11.0 Å². The lowest BCUT2D eigenvalue weighted by molar-refractivity contribution is 0.263. The van der Waals surface area contributed by atoms with Gasteiger partial charge in [0, 0.05) is 25.8 Å². The van der Waals surface area contributed by atoms with Crippen LogP contribution < -0.4 is 10.2 Å². The molecule has 0 amide bonds. The molecule has 6 nitrogen and oxygen atoms in total. The van der Waals surface area contributed by atoms with Gasteiger partial charge in [0.2, 0.25) is 5.95 Å². The Balaban J connectivity index is 1.98. The van der Waals surface area contributed by atoms with Gasteiger partial charge in [-0.25, -0.2) is 4.98 Å². The maximum Gasteiger partial charge on any atom is 0.226 e. The molecule has 0 unspecified atom stereocenters. The highest BCUT2D eigenvalue weighted by molar-refractivity contribution is 5.91. The minimum atomic E-state index is 0.435. The lowest BCUT2D eigenvalue weighted by Gasteiger charge is -2.29. The Morgan fingerprint density at radius 2 is 1.83 bits per heavy atom. The molecular formula is C17H26N6. The van der Waals surface area contributed by atoms with Crippen LogP contribution in [0.2, 0.25) is 0 Å². The van der Waals surface area contributed by atoms with Gasteiger partial charge in [-0.2, -0.15) is 9.97 Å². The molecule has 2 aromatic heterocycles. The fraction of sp³-hybridized carbons (Fsp3) is 0.588. The number of rotatable bonds is 3. The zero-order valence-electron chi connectivity index (χ0n) is 14.7. The van der Waals surface area contributed by atoms with Gasteiger partial charge < -0.3 is 15.1 Å². The van der Waals surface area contributed by atoms with Crippen molar-refractivity contribution in [1.29, 1.82) is 0 Å². The van der Waals surface area contributed by atoms with E-state index in [4.69, 9.17) is 4.98 Å². The molecule has 0 aromatic carbocycles. The Morgan fingerprint density at radius 1 is 1.13 bits per heavy atom. The molecule has 1 N–H and O–H groups in total. The molecule has 6 heteroatoms. The summed E-state index contributed by atoms with van der Waals surface area (Å²) in [4.78, 5) is 18.4. The molecule has 0 aliphatic carbocycles. The molecule has 3 rings (SSSR count). The number of hydrogen-bond acceptors (Lipinski definition) is 6. The number of nitrogens with zero attached hydrogens (tertiary/aromatic N) is 5. The Labute approximate surface area is 137 Å². The summed E-state index contributed by atoms with van der Waals surface area (Å²) in [6, 6.07) is 2.52. The zero-order chi connectivity index (χ0) is 16.6. The fourth-order valence-electron chi connectivity index (χ4n) is 3.18. The van der Waals surface area contributed by atoms with Gasteiger partial charge in [0.05, 0.1) is 5.39 Å². The summed E-state index contributed by atoms with van der Waals surface area (Å²) < 4.78 is 0. The van der Waals surface area contributed by atoms with E-state index in [2.05, 4.69) is 40.2 Å². The molecule has 2 aromatic rings. The lowest BCUT2D eigenvalue weighted by atomic mass is 10.1. The van der Waals surface area contributed by atoms with Crippen LogP contribution in [0, 0.1) is 13.8 Å². The van der Waals surface area contributed by atoms with Gasteiger partial charge >= 0.3 is 0 Å². The third-order valence-corrected chi connectivity index (χ3v) is 4.45. The average molecular weight is 314 g/mol. The summed E-state index contributed by atoms with van der Waals surface area (Å²) in [5.41, 5.74) is 2.93. The second-order valence-corrected chi connectivity index (χ2v) is 6.77. The fourth-order valence-corrected chi connectivity index (χ4v) is 3.18. The molecule has 1 saturated heterocycles. The van der Waals surface area contributed by atoms with E-state index in [1.807, 2.05) is 25.9 Å². The number of aromatic nitrogens is 3. The van der Waals surface area contributed by atoms with Gasteiger partial charge in [-0.1, -0.05) is 0 Å². The molecule has 1 aliphatic heterocycles. The van der Waals surface area contributed by atoms with E-state index < -0.39 is 0 Å². The summed E-state index contributed by atoms with van der Waals surface area (Å²) in [6.45, 7) is 6.33. The van der Waals surface area contributed by atoms with E-state index in [-0.39, 0.29) is 0 Å². The lowest BCUT2D eigenvalue weighted by Crippen LogP contribution is -2.37. The molecule has 0 saturated carbocycles. The van der Waals surface area contributed by atoms with Crippen molar-refractivity contribution >= 4 is 22.8 Å². The first kappa shape index (κ1) is 15.9. The Bertz CT molecular complexity index is 704. The Hall–Kier alpha value is -1.95. The summed E-state index contributed by atoms with van der Waals surface area (Å²) in [5.74, 6) is 1.61. The smallest absolute Gasteiger partial charge is 0.226 e. The Morgan fingerprint density at radius 3 is 2.48 bits per heavy atom. The SMILES string of the molecule is Cc1cc(C)c2c(N(C)C)nc(NC3CCN(C)CC3)nc2n1. The molecule has 0 radical (unpaired) electrons. The van der Waals surface area contributed by atoms with E-state index in [1.165, 1.54) is 5.56 Å². The van der Waals surface area contributed by atoms with Crippen LogP contribution in [0.4, 0.5) is 11.8 Å². The second kappa shape index (κ2) is 6.28. The van der Waals surface area contributed by atoms with Crippen LogP contribution >= 0.6 is 0 Å². The topological polar surface area (TPSA) is 57.2 Å². The van der Waals surface area contributed by atoms with Gasteiger partial charge in [-0.05, 0) is 58.5 Å². The average Bonchev–Trinajstić information content (AvgIpc) is 2.48. The molecule has 124 valence electrons. The molecule has 0 atom stereocenters. The van der Waals surface area contributed by atoms with Crippen molar-refractivity contribution < 1.29 is 0 Å². The van der Waals surface area contributed by atoms with Crippen molar-refractivity contribution in [1.82, 2.24) is 19.9 Å². The molecule has 3 heterocycles. The second-order valence-electron chi connectivity index (χ2n) is 6.77. The van der Waals surface area contributed by atoms with E-state index in [0.29, 0.717) is 12.0 Å². The van der Waals surface area contributed by atoms with Crippen molar-refractivity contribution in [3.63, 3.8) is 0 Å². The standard InChI is InChI=1S/C17H26N6/c1-11-10-12(2)18-15-14(11)16(22(3)4)21-17(20-15)19-13-6-8-23(5)9-7-13/h10,13H,6-9H2,1-5H3,(H,18,19,20,21). The summed E-state index contributed by atoms with van der Waals surface area (Å²) in [7, 11) is 6.20. The van der Waals surface area contributed by atoms with Crippen molar-refractivity contribution in [2.75, 3.05) is 44.4 Å². The Kier molecular flexibility index (Phi) is 4.35. The molecule has 1 fully saturated rings. The molecule has 1 aliphatic rings. The third-order valence-electron chi connectivity index (χ3n) is 4.45. The van der Waals surface area contributed by atoms with Crippen molar-refractivity contribution in [2.45, 2.75) is 32.7 Å². The first-order valence-corrected chi connectivity index (χ1v) is 8.22. The van der Waals surface area contributed by atoms with E-state index >= 15 is 0 Å². The summed E-state index contributed by atoms with van der Waals surface area (Å²) in [6.07, 6.45) is 2.24. The number of hydrogen-bond donors (Lipinski definition) is 1. The van der Waals surface area contributed by atoms with Crippen LogP contribution in [0.3, 0.4) is 0 Å². The largest absolute Gasteiger partial charge is 0.362 e. The number of pyridine rings is 1. The first-order valence-electron chi connectivity index (χ1n) is 8.22. The first-order chi connectivity index (χ1) is 10.9. The van der Waals surface area contributed by atoms with Gasteiger partial charge in [-0.3, -0.25) is 0 Å². The van der Waals surface area contributed by atoms with Gasteiger partial charge in [0.1, 0.15) is 5.82 Å². The van der Waals surface area contributed by atoms with Gasteiger partial charge in [-0.15, -0.1) is 0 Å². The number of piperidine rings is 1. The zero-order valence-corrected chi connectivity index (χ0v) is 14.7. The number of likely N-dealkylation sites (tertiary alicyclic amines) is 1. The van der Waals surface area contributed by atoms with Crippen molar-refractivity contribution in [2.24, 2.45) is 0 Å². The third kappa shape index (κ3) is 3.37. The van der Waals surface area contributed by atoms with Gasteiger partial charge in [0.15, 0.2) is 5.65 Å². The van der Waals surface area contributed by atoms with E-state index in [0.717, 1.165) is 48.5 Å². The predicted molar refractivity (Wildman–Crippen MR) is 95.3 cm³/mol. The quantitative estimate of drug-likeness (QED) is 0.937. The summed E-state index contributed by atoms with van der Waals surface area (Å²) in [5, 5.41) is 4.55. The highest BCUT2D eigenvalue weighted by Crippen LogP contribution is 2.27. The highest BCUT2D eigenvalue weighted by Gasteiger charge is 2.19. The molecule has 0 bridgehead atoms. The minimum Gasteiger partial charge on any atom is -0.362 e. The van der Waals surface area contributed by atoms with Crippen LogP contribution in [-0.2, 0) is 0 Å². The van der Waals surface area contributed by atoms with Gasteiger partial charge in [0.25, 0.3) is 0 Å². The van der Waals surface area contributed by atoms with Crippen LogP contribution in [0.1, 0.15) is 24.1 Å². The highest BCUT2D eigenvalue weighted by atomic mass is 15.2. The van der Waals surface area contributed by atoms with Crippen molar-refractivity contribution in [3.8, 4) is 0 Å². The molecule has 23 heavy (non-hydrogen) atoms. The maximum atomic E-state index is 4.75. The molecule has 0 spiro atoms. The predicted octanol–water partition coefficient (Wildman–Crippen LogP) is 2.21. The summed E-state index contributed by atoms with van der Waals surface area (Å²) >= 11 is 0.